The van der Waals surface area contributed by atoms with Crippen LogP contribution in [0.25, 0.3) is 0 Å². The largest absolute Gasteiger partial charge is 0.499 e. The van der Waals surface area contributed by atoms with E-state index in [1.54, 1.807) is 20.3 Å². The topological polar surface area (TPSA) is 251 Å². The molecule has 2 rings (SSSR count). The predicted molar refractivity (Wildman–Crippen MR) is 260 cm³/mol. The number of thioether (sulfide) groups is 1. The highest BCUT2D eigenvalue weighted by Gasteiger charge is 2.38. The van der Waals surface area contributed by atoms with E-state index in [0.717, 1.165) is 11.4 Å². The Morgan fingerprint density at radius 2 is 1.21 bits per heavy atom. The van der Waals surface area contributed by atoms with Crippen molar-refractivity contribution in [2.75, 3.05) is 105 Å². The van der Waals surface area contributed by atoms with Gasteiger partial charge in [0.1, 0.15) is 26.4 Å². The van der Waals surface area contributed by atoms with Crippen LogP contribution < -0.4 is 16.0 Å². The molecule has 2 aliphatic rings. The van der Waals surface area contributed by atoms with Crippen molar-refractivity contribution in [1.82, 2.24) is 25.8 Å². The van der Waals surface area contributed by atoms with Crippen molar-refractivity contribution in [2.24, 2.45) is 34.0 Å². The number of carbonyl (C=O) groups is 7. The lowest BCUT2D eigenvalue weighted by molar-refractivity contribution is -0.141. The van der Waals surface area contributed by atoms with Gasteiger partial charge in [0.15, 0.2) is 0 Å². The first-order chi connectivity index (χ1) is 32.2. The normalized spacial score (nSPS) is 16.4. The number of allylic oxidation sites excluding steroid dienone is 1. The molecule has 390 valence electrons. The molecule has 68 heavy (non-hydrogen) atoms. The number of hydrogen-bond acceptors (Lipinski definition) is 17. The first-order valence-corrected chi connectivity index (χ1v) is 24.2. The molecule has 2 atom stereocenters. The highest BCUT2D eigenvalue weighted by Crippen LogP contribution is 2.25. The first-order valence-electron chi connectivity index (χ1n) is 23.2. The zero-order chi connectivity index (χ0) is 51.4. The van der Waals surface area contributed by atoms with Crippen molar-refractivity contribution in [3.05, 3.63) is 11.8 Å². The second-order valence-corrected chi connectivity index (χ2v) is 17.9. The molecule has 0 aromatic carbocycles. The van der Waals surface area contributed by atoms with Gasteiger partial charge in [-0.25, -0.2) is 4.79 Å². The molecule has 3 N–H and O–H groups in total. The van der Waals surface area contributed by atoms with Crippen molar-refractivity contribution in [3.63, 3.8) is 0 Å². The summed E-state index contributed by atoms with van der Waals surface area (Å²) in [5, 5.41) is 15.3. The Morgan fingerprint density at radius 3 is 1.71 bits per heavy atom. The third kappa shape index (κ3) is 30.6. The van der Waals surface area contributed by atoms with E-state index in [-0.39, 0.29) is 113 Å². The van der Waals surface area contributed by atoms with Crippen LogP contribution >= 0.6 is 11.8 Å². The van der Waals surface area contributed by atoms with Crippen LogP contribution in [-0.4, -0.2) is 173 Å². The fraction of sp³-hybridized carbons (Fsp3) is 0.761. The van der Waals surface area contributed by atoms with Gasteiger partial charge in [-0.1, -0.05) is 58.8 Å². The fourth-order valence-electron chi connectivity index (χ4n) is 4.94. The van der Waals surface area contributed by atoms with Crippen molar-refractivity contribution in [1.29, 1.82) is 0 Å². The Balaban J connectivity index is 0.00000123. The number of nitrogens with zero attached hydrogens (tertiary/aromatic N) is 4. The zero-order valence-corrected chi connectivity index (χ0v) is 43.4. The summed E-state index contributed by atoms with van der Waals surface area (Å²) >= 11 is 1.30. The van der Waals surface area contributed by atoms with E-state index in [9.17, 15) is 33.6 Å². The number of amides is 7. The molecular weight excluding hydrogens is 907 g/mol. The Hall–Kier alpha value is -4.80. The lowest BCUT2D eigenvalue weighted by Gasteiger charge is -2.16. The summed E-state index contributed by atoms with van der Waals surface area (Å²) in [4.78, 5) is 94.4. The Bertz CT molecular complexity index is 1630. The molecular formula is C46H81N7O14S. The molecule has 0 radical (unpaired) electrons. The average Bonchev–Trinajstić information content (AvgIpc) is 3.69. The van der Waals surface area contributed by atoms with Crippen LogP contribution in [-0.2, 0) is 62.1 Å². The number of ether oxygens (including phenoxy) is 5. The van der Waals surface area contributed by atoms with Crippen LogP contribution in [0.15, 0.2) is 22.1 Å². The van der Waals surface area contributed by atoms with Gasteiger partial charge in [0.2, 0.25) is 35.4 Å². The second kappa shape index (κ2) is 38.1. The molecule has 0 aromatic rings. The van der Waals surface area contributed by atoms with E-state index in [1.807, 2.05) is 48.5 Å². The molecule has 21 nitrogen and oxygen atoms in total. The highest BCUT2D eigenvalue weighted by molar-refractivity contribution is 8.00. The SMILES string of the molecule is C/C(=N\OCCNC(=O)CCSC1CC(=O)N(CCOCCOCCN2C(=O)CC(C)C2=O)C1=O)C(C)C.CC(=O)NCCO/C=C(\C)C(C)C.COCCOC(=O)NCCO/N=C(\C)C(C)C. The second-order valence-electron chi connectivity index (χ2n) is 16.6. The predicted octanol–water partition coefficient (Wildman–Crippen LogP) is 3.94. The quantitative estimate of drug-likeness (QED) is 0.0293. The molecule has 2 saturated heterocycles. The molecule has 2 fully saturated rings. The number of hydrogen-bond donors (Lipinski definition) is 3. The van der Waals surface area contributed by atoms with Gasteiger partial charge in [-0.15, -0.1) is 11.8 Å². The Morgan fingerprint density at radius 1 is 0.676 bits per heavy atom. The van der Waals surface area contributed by atoms with Crippen LogP contribution in [0.3, 0.4) is 0 Å². The zero-order valence-electron chi connectivity index (χ0n) is 42.6. The number of alkyl carbamates (subject to hydrolysis) is 1. The number of carbonyl (C=O) groups excluding carboxylic acids is 7. The summed E-state index contributed by atoms with van der Waals surface area (Å²) in [6.07, 6.45) is 1.87. The smallest absolute Gasteiger partial charge is 0.407 e. The first kappa shape index (κ1) is 63.2. The molecule has 22 heteroatoms. The minimum absolute atomic E-state index is 0.0202. The monoisotopic (exact) mass is 988 g/mol. The summed E-state index contributed by atoms with van der Waals surface area (Å²) in [6, 6.07) is 0. The van der Waals surface area contributed by atoms with Gasteiger partial charge in [0, 0.05) is 45.0 Å². The van der Waals surface area contributed by atoms with Gasteiger partial charge >= 0.3 is 6.09 Å². The molecule has 7 amide bonds. The maximum absolute atomic E-state index is 12.6. The van der Waals surface area contributed by atoms with Crippen molar-refractivity contribution in [2.45, 2.75) is 101 Å². The lowest BCUT2D eigenvalue weighted by Crippen LogP contribution is -2.35. The van der Waals surface area contributed by atoms with Gasteiger partial charge in [-0.05, 0) is 44.1 Å². The number of nitrogens with one attached hydrogen (secondary N) is 3. The Kier molecular flexibility index (Phi) is 35.4. The molecule has 0 aromatic heterocycles. The number of rotatable bonds is 31. The van der Waals surface area contributed by atoms with Crippen LogP contribution in [0.1, 0.15) is 95.4 Å². The van der Waals surface area contributed by atoms with Crippen molar-refractivity contribution in [3.8, 4) is 0 Å². The standard InChI is InChI=1S/C25H40N4O8S.C11H22N2O4.C10H19NO2/c1-17(2)19(4)27-37-9-6-26-21(30)5-14-38-20-16-23(32)29(25(20)34)8-11-36-13-12-35-10-7-28-22(31)15-18(3)24(28)33;1-9(2)10(3)13-17-6-5-12-11(14)16-8-7-15-4;1-8(2)9(3)7-13-6-5-11-10(4)12/h17-18,20H,5-16H2,1-4H3,(H,26,30);9H,5-8H2,1-4H3,(H,12,14);7-8H,5-6H2,1-4H3,(H,11,12)/b27-19+;13-10+;9-7+. The number of likely N-dealkylation sites (tertiary alicyclic amines) is 2. The van der Waals surface area contributed by atoms with E-state index < -0.39 is 11.3 Å². The summed E-state index contributed by atoms with van der Waals surface area (Å²) in [6.45, 7) is 25.7. The molecule has 0 bridgehead atoms. The maximum Gasteiger partial charge on any atom is 0.407 e. The minimum Gasteiger partial charge on any atom is -0.499 e. The molecule has 2 aliphatic heterocycles. The third-order valence-electron chi connectivity index (χ3n) is 9.97. The molecule has 0 saturated carbocycles. The van der Waals surface area contributed by atoms with E-state index in [4.69, 9.17) is 33.4 Å². The van der Waals surface area contributed by atoms with E-state index in [1.165, 1.54) is 34.1 Å². The van der Waals surface area contributed by atoms with E-state index in [2.05, 4.69) is 40.1 Å². The van der Waals surface area contributed by atoms with Gasteiger partial charge in [-0.2, -0.15) is 0 Å². The Labute approximate surface area is 407 Å². The number of imide groups is 2. The summed E-state index contributed by atoms with van der Waals surface area (Å²) in [5.74, 6) is 0.313. The van der Waals surface area contributed by atoms with Gasteiger partial charge < -0.3 is 49.3 Å². The highest BCUT2D eigenvalue weighted by atomic mass is 32.2. The van der Waals surface area contributed by atoms with Crippen molar-refractivity contribution < 1.29 is 66.9 Å². The van der Waals surface area contributed by atoms with Crippen LogP contribution in [0.4, 0.5) is 4.79 Å². The third-order valence-corrected chi connectivity index (χ3v) is 11.2. The summed E-state index contributed by atoms with van der Waals surface area (Å²) in [7, 11) is 1.55. The number of oxime groups is 2. The molecule has 2 unspecified atom stereocenters. The van der Waals surface area contributed by atoms with Crippen molar-refractivity contribution >= 4 is 64.7 Å². The van der Waals surface area contributed by atoms with Gasteiger partial charge in [0.25, 0.3) is 0 Å². The van der Waals surface area contributed by atoms with Gasteiger partial charge in [0.05, 0.1) is 88.7 Å². The molecule has 0 spiro atoms. The van der Waals surface area contributed by atoms with Crippen LogP contribution in [0.5, 0.6) is 0 Å². The minimum atomic E-state index is -0.492. The van der Waals surface area contributed by atoms with Crippen LogP contribution in [0, 0.1) is 23.7 Å². The van der Waals surface area contributed by atoms with E-state index >= 15 is 0 Å². The molecule has 0 aliphatic carbocycles. The summed E-state index contributed by atoms with van der Waals surface area (Å²) < 4.78 is 25.6. The lowest BCUT2D eigenvalue weighted by atomic mass is 10.1. The molecule has 2 heterocycles. The van der Waals surface area contributed by atoms with E-state index in [0.29, 0.717) is 63.0 Å². The van der Waals surface area contributed by atoms with Gasteiger partial charge in [-0.3, -0.25) is 38.6 Å². The maximum atomic E-state index is 12.6. The fourth-order valence-corrected chi connectivity index (χ4v) is 6.06. The number of methoxy groups -OCH3 is 1. The summed E-state index contributed by atoms with van der Waals surface area (Å²) in [5.41, 5.74) is 3.02. The average molecular weight is 988 g/mol. The van der Waals surface area contributed by atoms with Crippen LogP contribution in [0.2, 0.25) is 0 Å².